The maximum absolute atomic E-state index is 10.7. The van der Waals surface area contributed by atoms with Crippen LogP contribution in [0.5, 0.6) is 0 Å². The summed E-state index contributed by atoms with van der Waals surface area (Å²) in [6, 6.07) is 8.14. The van der Waals surface area contributed by atoms with Gasteiger partial charge in [-0.1, -0.05) is 0 Å². The number of aryl methyl sites for hydroxylation is 1. The van der Waals surface area contributed by atoms with Crippen molar-refractivity contribution in [3.05, 3.63) is 41.6 Å². The molecule has 0 radical (unpaired) electrons. The van der Waals surface area contributed by atoms with Crippen molar-refractivity contribution in [1.82, 2.24) is 9.78 Å². The van der Waals surface area contributed by atoms with Gasteiger partial charge in [-0.15, -0.1) is 0 Å². The van der Waals surface area contributed by atoms with Crippen LogP contribution in [0.4, 0.5) is 5.82 Å². The van der Waals surface area contributed by atoms with Crippen LogP contribution in [-0.2, 0) is 0 Å². The largest absolute Gasteiger partial charge is 0.478 e. The second-order valence-corrected chi connectivity index (χ2v) is 3.47. The molecule has 0 aliphatic carbocycles. The number of anilines is 1. The van der Waals surface area contributed by atoms with Crippen molar-refractivity contribution < 1.29 is 15.4 Å². The third-order valence-electron chi connectivity index (χ3n) is 2.22. The zero-order chi connectivity index (χ0) is 11.7. The van der Waals surface area contributed by atoms with Gasteiger partial charge in [0.15, 0.2) is 0 Å². The number of carbonyl (C=O) groups is 1. The van der Waals surface area contributed by atoms with Gasteiger partial charge in [0.1, 0.15) is 5.82 Å². The molecule has 0 aliphatic heterocycles. The van der Waals surface area contributed by atoms with Gasteiger partial charge in [0, 0.05) is 6.07 Å². The molecule has 2 aromatic rings. The summed E-state index contributed by atoms with van der Waals surface area (Å²) >= 11 is 0. The second-order valence-electron chi connectivity index (χ2n) is 3.47. The van der Waals surface area contributed by atoms with E-state index in [1.165, 1.54) is 12.1 Å². The number of hydrogen-bond donors (Lipinski definition) is 2. The van der Waals surface area contributed by atoms with Crippen LogP contribution in [0.2, 0.25) is 0 Å². The first-order chi connectivity index (χ1) is 7.58. The molecular weight excluding hydrogens is 222 g/mol. The summed E-state index contributed by atoms with van der Waals surface area (Å²) < 4.78 is 1.57. The van der Waals surface area contributed by atoms with Crippen molar-refractivity contribution in [1.29, 1.82) is 0 Å². The van der Waals surface area contributed by atoms with Crippen LogP contribution < -0.4 is 5.73 Å². The highest BCUT2D eigenvalue weighted by atomic mass is 16.4. The van der Waals surface area contributed by atoms with Gasteiger partial charge in [0.2, 0.25) is 0 Å². The van der Waals surface area contributed by atoms with Gasteiger partial charge < -0.3 is 16.3 Å². The van der Waals surface area contributed by atoms with E-state index in [-0.39, 0.29) is 11.0 Å². The van der Waals surface area contributed by atoms with Crippen molar-refractivity contribution in [2.75, 3.05) is 5.73 Å². The predicted octanol–water partition coefficient (Wildman–Crippen LogP) is 0.636. The van der Waals surface area contributed by atoms with E-state index < -0.39 is 5.97 Å². The molecule has 1 aromatic heterocycles. The average Bonchev–Trinajstić information content (AvgIpc) is 2.58. The van der Waals surface area contributed by atoms with E-state index in [0.717, 1.165) is 11.4 Å². The van der Waals surface area contributed by atoms with Gasteiger partial charge >= 0.3 is 5.97 Å². The molecule has 1 aromatic carbocycles. The van der Waals surface area contributed by atoms with Crippen LogP contribution in [0.15, 0.2) is 30.3 Å². The maximum atomic E-state index is 10.7. The lowest BCUT2D eigenvalue weighted by Gasteiger charge is -2.03. The Labute approximate surface area is 97.6 Å². The molecule has 0 saturated heterocycles. The summed E-state index contributed by atoms with van der Waals surface area (Å²) in [5.74, 6) is -0.420. The fourth-order valence-electron chi connectivity index (χ4n) is 1.47. The number of benzene rings is 1. The van der Waals surface area contributed by atoms with Crippen molar-refractivity contribution in [2.24, 2.45) is 0 Å². The van der Waals surface area contributed by atoms with Gasteiger partial charge in [0.05, 0.1) is 16.9 Å². The lowest BCUT2D eigenvalue weighted by Crippen LogP contribution is -2.03. The van der Waals surface area contributed by atoms with E-state index in [4.69, 9.17) is 10.8 Å². The van der Waals surface area contributed by atoms with E-state index in [2.05, 4.69) is 5.10 Å². The first kappa shape index (κ1) is 12.7. The number of rotatable bonds is 2. The van der Waals surface area contributed by atoms with Gasteiger partial charge in [-0.05, 0) is 31.2 Å². The van der Waals surface area contributed by atoms with Crippen molar-refractivity contribution in [3.63, 3.8) is 0 Å². The number of carboxylic acids is 1. The third kappa shape index (κ3) is 2.43. The normalized spacial score (nSPS) is 9.71. The SMILES string of the molecule is Cc1cc(N)n(-c2ccc(C(=O)O)cc2)n1.O. The highest BCUT2D eigenvalue weighted by molar-refractivity contribution is 5.87. The van der Waals surface area contributed by atoms with Gasteiger partial charge in [-0.2, -0.15) is 5.10 Å². The van der Waals surface area contributed by atoms with Crippen LogP contribution >= 0.6 is 0 Å². The smallest absolute Gasteiger partial charge is 0.335 e. The molecule has 2 rings (SSSR count). The van der Waals surface area contributed by atoms with Crippen LogP contribution in [0, 0.1) is 6.92 Å². The molecule has 0 saturated carbocycles. The van der Waals surface area contributed by atoms with E-state index >= 15 is 0 Å². The standard InChI is InChI=1S/C11H11N3O2.H2O/c1-7-6-10(12)14(13-7)9-4-2-8(3-5-9)11(15)16;/h2-6H,12H2,1H3,(H,15,16);1H2. The van der Waals surface area contributed by atoms with E-state index in [1.807, 2.05) is 6.92 Å². The number of nitrogens with zero attached hydrogens (tertiary/aromatic N) is 2. The second kappa shape index (κ2) is 4.67. The predicted molar refractivity (Wildman–Crippen MR) is 63.3 cm³/mol. The molecule has 0 unspecified atom stereocenters. The quantitative estimate of drug-likeness (QED) is 0.794. The Bertz CT molecular complexity index is 531. The van der Waals surface area contributed by atoms with Crippen LogP contribution in [-0.4, -0.2) is 26.3 Å². The van der Waals surface area contributed by atoms with Crippen LogP contribution in [0.1, 0.15) is 16.1 Å². The molecule has 6 heteroatoms. The first-order valence-electron chi connectivity index (χ1n) is 4.74. The van der Waals surface area contributed by atoms with E-state index in [0.29, 0.717) is 5.82 Å². The molecule has 1 heterocycles. The van der Waals surface area contributed by atoms with E-state index in [9.17, 15) is 4.79 Å². The molecule has 0 aliphatic rings. The zero-order valence-corrected chi connectivity index (χ0v) is 9.21. The van der Waals surface area contributed by atoms with Gasteiger partial charge in [0.25, 0.3) is 0 Å². The number of nitrogens with two attached hydrogens (primary N) is 1. The number of hydrogen-bond acceptors (Lipinski definition) is 3. The average molecular weight is 235 g/mol. The molecule has 0 atom stereocenters. The Hall–Kier alpha value is -2.34. The minimum absolute atomic E-state index is 0. The summed E-state index contributed by atoms with van der Waals surface area (Å²) in [6.45, 7) is 1.85. The highest BCUT2D eigenvalue weighted by Crippen LogP contribution is 2.14. The lowest BCUT2D eigenvalue weighted by molar-refractivity contribution is 0.0697. The Morgan fingerprint density at radius 1 is 1.35 bits per heavy atom. The van der Waals surface area contributed by atoms with Crippen LogP contribution in [0.3, 0.4) is 0 Å². The van der Waals surface area contributed by atoms with Crippen molar-refractivity contribution in [3.8, 4) is 5.69 Å². The lowest BCUT2D eigenvalue weighted by atomic mass is 10.2. The fourth-order valence-corrected chi connectivity index (χ4v) is 1.47. The minimum Gasteiger partial charge on any atom is -0.478 e. The van der Waals surface area contributed by atoms with Gasteiger partial charge in [-0.25, -0.2) is 9.48 Å². The Kier molecular flexibility index (Phi) is 3.49. The number of aromatic carboxylic acids is 1. The summed E-state index contributed by atoms with van der Waals surface area (Å²) in [4.78, 5) is 10.7. The van der Waals surface area contributed by atoms with Crippen molar-refractivity contribution >= 4 is 11.8 Å². The Morgan fingerprint density at radius 2 is 1.94 bits per heavy atom. The molecule has 90 valence electrons. The van der Waals surface area contributed by atoms with Gasteiger partial charge in [-0.3, -0.25) is 0 Å². The molecule has 0 amide bonds. The summed E-state index contributed by atoms with van der Waals surface area (Å²) in [5.41, 5.74) is 7.56. The number of nitrogen functional groups attached to an aromatic ring is 1. The minimum atomic E-state index is -0.948. The molecule has 0 fully saturated rings. The highest BCUT2D eigenvalue weighted by Gasteiger charge is 2.06. The fraction of sp³-hybridized carbons (Fsp3) is 0.0909. The number of aromatic nitrogens is 2. The Morgan fingerprint density at radius 3 is 2.35 bits per heavy atom. The molecule has 0 spiro atoms. The maximum Gasteiger partial charge on any atom is 0.335 e. The summed E-state index contributed by atoms with van der Waals surface area (Å²) in [5, 5.41) is 13.0. The topological polar surface area (TPSA) is 113 Å². The first-order valence-corrected chi connectivity index (χ1v) is 4.74. The third-order valence-corrected chi connectivity index (χ3v) is 2.22. The molecular formula is C11H13N3O3. The van der Waals surface area contributed by atoms with Crippen LogP contribution in [0.25, 0.3) is 5.69 Å². The molecule has 5 N–H and O–H groups in total. The number of carboxylic acid groups (broad SMARTS) is 1. The molecule has 17 heavy (non-hydrogen) atoms. The molecule has 0 bridgehead atoms. The summed E-state index contributed by atoms with van der Waals surface area (Å²) in [7, 11) is 0. The zero-order valence-electron chi connectivity index (χ0n) is 9.21. The molecule has 6 nitrogen and oxygen atoms in total. The Balaban J connectivity index is 0.00000144. The van der Waals surface area contributed by atoms with E-state index in [1.54, 1.807) is 22.9 Å². The summed E-state index contributed by atoms with van der Waals surface area (Å²) in [6.07, 6.45) is 0. The van der Waals surface area contributed by atoms with Crippen molar-refractivity contribution in [2.45, 2.75) is 6.92 Å². The monoisotopic (exact) mass is 235 g/mol.